The molecule has 2 unspecified atom stereocenters. The van der Waals surface area contributed by atoms with Crippen LogP contribution in [0.1, 0.15) is 43.2 Å². The van der Waals surface area contributed by atoms with E-state index in [1.165, 1.54) is 0 Å². The summed E-state index contributed by atoms with van der Waals surface area (Å²) in [5.74, 6) is -9.13. The fourth-order valence-electron chi connectivity index (χ4n) is 4.20. The molecule has 2 atom stereocenters. The minimum Gasteiger partial charge on any atom is -0.429 e. The van der Waals surface area contributed by atoms with Gasteiger partial charge in [-0.25, -0.2) is 22.0 Å². The number of halogens is 7. The second-order valence-corrected chi connectivity index (χ2v) is 8.47. The Morgan fingerprint density at radius 3 is 2.03 bits per heavy atom. The maximum atomic E-state index is 14.8. The van der Waals surface area contributed by atoms with Crippen LogP contribution < -0.4 is 4.74 Å². The van der Waals surface area contributed by atoms with Crippen molar-refractivity contribution >= 4 is 0 Å². The lowest BCUT2D eigenvalue weighted by atomic mass is 9.83. The summed E-state index contributed by atoms with van der Waals surface area (Å²) in [4.78, 5) is 0. The predicted octanol–water partition coefficient (Wildman–Crippen LogP) is 8.64. The van der Waals surface area contributed by atoms with Gasteiger partial charge in [0.15, 0.2) is 29.1 Å². The standard InChI is InChI=1S/C27H21F7O/c1-2-15-3-5-16(6-4-15)17-7-9-18(10-8-17)20-11-12-21(25(31)24(20)30)27(33,34)35-19-13-22(28)26(32)23(29)14-19/h3,5,7-16H,2,4,6H2,1H3. The molecule has 0 bridgehead atoms. The zero-order valence-electron chi connectivity index (χ0n) is 18.6. The van der Waals surface area contributed by atoms with Gasteiger partial charge in [0.1, 0.15) is 11.3 Å². The van der Waals surface area contributed by atoms with Crippen LogP contribution in [0.4, 0.5) is 30.7 Å². The van der Waals surface area contributed by atoms with Gasteiger partial charge in [0.05, 0.1) is 0 Å². The Hall–Kier alpha value is -3.29. The molecule has 0 spiro atoms. The Balaban J connectivity index is 1.58. The fourth-order valence-corrected chi connectivity index (χ4v) is 4.20. The van der Waals surface area contributed by atoms with Gasteiger partial charge in [0.25, 0.3) is 0 Å². The summed E-state index contributed by atoms with van der Waals surface area (Å²) in [6.45, 7) is 2.13. The van der Waals surface area contributed by atoms with Gasteiger partial charge in [-0.2, -0.15) is 8.78 Å². The molecular formula is C27H21F7O. The fraction of sp³-hybridized carbons (Fsp3) is 0.259. The highest BCUT2D eigenvalue weighted by Gasteiger charge is 2.40. The topological polar surface area (TPSA) is 9.23 Å². The maximum Gasteiger partial charge on any atom is 0.429 e. The Bertz CT molecular complexity index is 1230. The molecule has 0 saturated carbocycles. The highest BCUT2D eigenvalue weighted by atomic mass is 19.3. The number of rotatable bonds is 6. The minimum absolute atomic E-state index is 0.181. The van der Waals surface area contributed by atoms with E-state index in [0.717, 1.165) is 30.9 Å². The first-order chi connectivity index (χ1) is 16.6. The molecule has 8 heteroatoms. The first-order valence-corrected chi connectivity index (χ1v) is 11.1. The molecule has 0 fully saturated rings. The molecule has 0 heterocycles. The largest absolute Gasteiger partial charge is 0.429 e. The van der Waals surface area contributed by atoms with Crippen LogP contribution in [0.15, 0.2) is 60.7 Å². The molecule has 0 aromatic heterocycles. The van der Waals surface area contributed by atoms with E-state index in [2.05, 4.69) is 23.8 Å². The average molecular weight is 494 g/mol. The number of hydrogen-bond acceptors (Lipinski definition) is 1. The summed E-state index contributed by atoms with van der Waals surface area (Å²) in [5.41, 5.74) is -0.415. The van der Waals surface area contributed by atoms with Crippen molar-refractivity contribution in [1.82, 2.24) is 0 Å². The van der Waals surface area contributed by atoms with Gasteiger partial charge in [0.2, 0.25) is 0 Å². The smallest absolute Gasteiger partial charge is 0.429 e. The summed E-state index contributed by atoms with van der Waals surface area (Å²) >= 11 is 0. The molecule has 184 valence electrons. The number of benzene rings is 3. The van der Waals surface area contributed by atoms with Gasteiger partial charge >= 0.3 is 6.11 Å². The van der Waals surface area contributed by atoms with E-state index in [1.807, 2.05) is 0 Å². The molecule has 1 nitrogen and oxygen atoms in total. The molecule has 4 rings (SSSR count). The van der Waals surface area contributed by atoms with Crippen LogP contribution in [0.3, 0.4) is 0 Å². The summed E-state index contributed by atoms with van der Waals surface area (Å²) < 4.78 is 102. The van der Waals surface area contributed by atoms with E-state index in [1.54, 1.807) is 24.3 Å². The molecule has 0 aliphatic heterocycles. The number of ether oxygens (including phenoxy) is 1. The van der Waals surface area contributed by atoms with Crippen molar-refractivity contribution in [2.45, 2.75) is 38.2 Å². The number of allylic oxidation sites excluding steroid dienone is 2. The van der Waals surface area contributed by atoms with E-state index in [9.17, 15) is 30.7 Å². The molecule has 1 aliphatic rings. The summed E-state index contributed by atoms with van der Waals surface area (Å²) in [5, 5.41) is 0. The molecule has 1 aliphatic carbocycles. The van der Waals surface area contributed by atoms with Crippen molar-refractivity contribution in [2.24, 2.45) is 5.92 Å². The third kappa shape index (κ3) is 5.06. The second kappa shape index (κ2) is 9.76. The van der Waals surface area contributed by atoms with Crippen LogP contribution in [0, 0.1) is 35.0 Å². The summed E-state index contributed by atoms with van der Waals surface area (Å²) in [7, 11) is 0. The van der Waals surface area contributed by atoms with Crippen LogP contribution in [0.5, 0.6) is 5.75 Å². The zero-order valence-corrected chi connectivity index (χ0v) is 18.6. The van der Waals surface area contributed by atoms with Crippen LogP contribution in [-0.4, -0.2) is 0 Å². The van der Waals surface area contributed by atoms with Crippen LogP contribution in [0.25, 0.3) is 11.1 Å². The molecule has 0 amide bonds. The van der Waals surface area contributed by atoms with Crippen molar-refractivity contribution in [3.8, 4) is 16.9 Å². The summed E-state index contributed by atoms with van der Waals surface area (Å²) in [6.07, 6.45) is 2.95. The molecule has 3 aromatic rings. The molecule has 0 radical (unpaired) electrons. The third-order valence-electron chi connectivity index (χ3n) is 6.24. The first kappa shape index (κ1) is 24.8. The van der Waals surface area contributed by atoms with Crippen LogP contribution >= 0.6 is 0 Å². The van der Waals surface area contributed by atoms with Crippen molar-refractivity contribution in [3.05, 3.63) is 101 Å². The van der Waals surface area contributed by atoms with Crippen molar-refractivity contribution in [1.29, 1.82) is 0 Å². The second-order valence-electron chi connectivity index (χ2n) is 8.47. The lowest BCUT2D eigenvalue weighted by Gasteiger charge is -2.22. The molecule has 3 aromatic carbocycles. The van der Waals surface area contributed by atoms with Gasteiger partial charge in [0, 0.05) is 23.6 Å². The van der Waals surface area contributed by atoms with Gasteiger partial charge in [-0.05, 0) is 42.4 Å². The van der Waals surface area contributed by atoms with Gasteiger partial charge in [-0.1, -0.05) is 49.4 Å². The average Bonchev–Trinajstić information content (AvgIpc) is 2.84. The molecule has 0 saturated heterocycles. The quantitative estimate of drug-likeness (QED) is 0.189. The van der Waals surface area contributed by atoms with Crippen molar-refractivity contribution in [2.75, 3.05) is 0 Å². The maximum absolute atomic E-state index is 14.8. The molecule has 0 N–H and O–H groups in total. The molecule has 35 heavy (non-hydrogen) atoms. The Labute approximate surface area is 197 Å². The van der Waals surface area contributed by atoms with Crippen LogP contribution in [0.2, 0.25) is 0 Å². The van der Waals surface area contributed by atoms with Crippen molar-refractivity contribution in [3.63, 3.8) is 0 Å². The SMILES string of the molecule is CCC1C=CC(c2ccc(-c3ccc(C(F)(F)Oc4cc(F)c(F)c(F)c4)c(F)c3F)cc2)CC1. The first-order valence-electron chi connectivity index (χ1n) is 11.1. The monoisotopic (exact) mass is 494 g/mol. The van der Waals surface area contributed by atoms with E-state index in [0.29, 0.717) is 12.0 Å². The highest BCUT2D eigenvalue weighted by Crippen LogP contribution is 2.38. The van der Waals surface area contributed by atoms with Gasteiger partial charge in [-0.15, -0.1) is 0 Å². The normalized spacial score (nSPS) is 18.1. The third-order valence-corrected chi connectivity index (χ3v) is 6.24. The van der Waals surface area contributed by atoms with Gasteiger partial charge < -0.3 is 4.74 Å². The van der Waals surface area contributed by atoms with E-state index < -0.39 is 46.5 Å². The zero-order chi connectivity index (χ0) is 25.3. The lowest BCUT2D eigenvalue weighted by Crippen LogP contribution is -2.24. The molecular weight excluding hydrogens is 473 g/mol. The Morgan fingerprint density at radius 2 is 1.46 bits per heavy atom. The van der Waals surface area contributed by atoms with Crippen molar-refractivity contribution < 1.29 is 35.5 Å². The van der Waals surface area contributed by atoms with Crippen LogP contribution in [-0.2, 0) is 6.11 Å². The van der Waals surface area contributed by atoms with E-state index in [4.69, 9.17) is 0 Å². The summed E-state index contributed by atoms with van der Waals surface area (Å²) in [6, 6.07) is 8.72. The Kier molecular flexibility index (Phi) is 6.92. The Morgan fingerprint density at radius 1 is 0.800 bits per heavy atom. The van der Waals surface area contributed by atoms with E-state index in [-0.39, 0.29) is 29.2 Å². The minimum atomic E-state index is -4.49. The number of hydrogen-bond donors (Lipinski definition) is 0. The van der Waals surface area contributed by atoms with Gasteiger partial charge in [-0.3, -0.25) is 0 Å². The predicted molar refractivity (Wildman–Crippen MR) is 118 cm³/mol. The lowest BCUT2D eigenvalue weighted by molar-refractivity contribution is -0.187. The number of alkyl halides is 2. The highest BCUT2D eigenvalue weighted by molar-refractivity contribution is 5.65. The van der Waals surface area contributed by atoms with E-state index >= 15 is 0 Å².